The molecule has 1 heterocycles. The van der Waals surface area contributed by atoms with Gasteiger partial charge in [0.2, 0.25) is 0 Å². The first-order valence-corrected chi connectivity index (χ1v) is 7.10. The van der Waals surface area contributed by atoms with Crippen LogP contribution in [0, 0.1) is 5.92 Å². The molecule has 1 atom stereocenters. The van der Waals surface area contributed by atoms with Crippen molar-refractivity contribution in [2.45, 2.75) is 70.4 Å². The Labute approximate surface area is 101 Å². The minimum absolute atomic E-state index is 0.395. The largest absolute Gasteiger partial charge is 0.326 e. The number of rotatable bonds is 3. The molecule has 0 aromatic heterocycles. The highest BCUT2D eigenvalue weighted by molar-refractivity contribution is 4.91. The molecule has 94 valence electrons. The Kier molecular flexibility index (Phi) is 3.91. The van der Waals surface area contributed by atoms with Gasteiger partial charge in [-0.05, 0) is 52.0 Å². The van der Waals surface area contributed by atoms with Crippen molar-refractivity contribution >= 4 is 0 Å². The van der Waals surface area contributed by atoms with Crippen molar-refractivity contribution in [1.82, 2.24) is 4.90 Å². The van der Waals surface area contributed by atoms with Crippen LogP contribution in [0.3, 0.4) is 0 Å². The topological polar surface area (TPSA) is 29.3 Å². The molecule has 2 rings (SSSR count). The fourth-order valence-corrected chi connectivity index (χ4v) is 3.47. The summed E-state index contributed by atoms with van der Waals surface area (Å²) in [4.78, 5) is 2.62. The fourth-order valence-electron chi connectivity index (χ4n) is 3.47. The molecule has 0 aromatic carbocycles. The second-order valence-corrected chi connectivity index (χ2v) is 6.42. The predicted octanol–water partition coefficient (Wildman–Crippen LogP) is 2.77. The lowest BCUT2D eigenvalue weighted by atomic mass is 9.84. The maximum absolute atomic E-state index is 6.41. The van der Waals surface area contributed by atoms with Gasteiger partial charge in [-0.25, -0.2) is 0 Å². The van der Waals surface area contributed by atoms with Gasteiger partial charge in [0, 0.05) is 18.1 Å². The van der Waals surface area contributed by atoms with Crippen molar-refractivity contribution in [3.63, 3.8) is 0 Å². The van der Waals surface area contributed by atoms with Crippen LogP contribution in [0.25, 0.3) is 0 Å². The third-order valence-corrected chi connectivity index (χ3v) is 4.76. The first kappa shape index (κ1) is 12.4. The Morgan fingerprint density at radius 1 is 1.19 bits per heavy atom. The van der Waals surface area contributed by atoms with E-state index in [-0.39, 0.29) is 0 Å². The van der Waals surface area contributed by atoms with Crippen LogP contribution in [0.15, 0.2) is 0 Å². The third kappa shape index (κ3) is 2.78. The molecular weight excluding hydrogens is 196 g/mol. The Bertz CT molecular complexity index is 219. The smallest absolute Gasteiger partial charge is 0.0196 e. The number of nitrogens with zero attached hydrogens (tertiary/aromatic N) is 1. The van der Waals surface area contributed by atoms with Gasteiger partial charge in [0.25, 0.3) is 0 Å². The number of hydrogen-bond donors (Lipinski definition) is 1. The molecular formula is C14H28N2. The molecule has 0 amide bonds. The molecule has 2 N–H and O–H groups in total. The molecule has 1 aliphatic heterocycles. The molecule has 2 nitrogen and oxygen atoms in total. The summed E-state index contributed by atoms with van der Waals surface area (Å²) in [5.74, 6) is 0.796. The third-order valence-electron chi connectivity index (χ3n) is 4.76. The molecule has 1 unspecified atom stereocenters. The van der Waals surface area contributed by atoms with Crippen LogP contribution in [0.2, 0.25) is 0 Å². The highest BCUT2D eigenvalue weighted by Crippen LogP contribution is 2.31. The summed E-state index contributed by atoms with van der Waals surface area (Å²) in [6, 6.07) is 0.415. The normalized spacial score (nSPS) is 29.4. The van der Waals surface area contributed by atoms with Crippen molar-refractivity contribution in [3.8, 4) is 0 Å². The summed E-state index contributed by atoms with van der Waals surface area (Å²) in [6.45, 7) is 7.12. The SMILES string of the molecule is CC1(C)CCCN1CC(N)C1CCCCC1. The van der Waals surface area contributed by atoms with Crippen molar-refractivity contribution in [2.75, 3.05) is 13.1 Å². The van der Waals surface area contributed by atoms with Crippen LogP contribution in [0.1, 0.15) is 58.8 Å². The minimum atomic E-state index is 0.395. The van der Waals surface area contributed by atoms with Gasteiger partial charge in [0.05, 0.1) is 0 Å². The Morgan fingerprint density at radius 2 is 1.88 bits per heavy atom. The van der Waals surface area contributed by atoms with Gasteiger partial charge in [-0.15, -0.1) is 0 Å². The first-order valence-electron chi connectivity index (χ1n) is 7.10. The average molecular weight is 224 g/mol. The van der Waals surface area contributed by atoms with E-state index >= 15 is 0 Å². The quantitative estimate of drug-likeness (QED) is 0.798. The summed E-state index contributed by atoms with van der Waals surface area (Å²) in [5, 5.41) is 0. The molecule has 1 saturated carbocycles. The molecule has 0 radical (unpaired) electrons. The highest BCUT2D eigenvalue weighted by atomic mass is 15.2. The summed E-state index contributed by atoms with van der Waals surface area (Å²) in [7, 11) is 0. The molecule has 1 aliphatic carbocycles. The summed E-state index contributed by atoms with van der Waals surface area (Å²) in [6.07, 6.45) is 9.67. The Hall–Kier alpha value is -0.0800. The van der Waals surface area contributed by atoms with Crippen molar-refractivity contribution in [1.29, 1.82) is 0 Å². The van der Waals surface area contributed by atoms with E-state index in [0.29, 0.717) is 11.6 Å². The Balaban J connectivity index is 1.84. The molecule has 16 heavy (non-hydrogen) atoms. The highest BCUT2D eigenvalue weighted by Gasteiger charge is 2.34. The monoisotopic (exact) mass is 224 g/mol. The van der Waals surface area contributed by atoms with Gasteiger partial charge >= 0.3 is 0 Å². The zero-order valence-electron chi connectivity index (χ0n) is 11.0. The van der Waals surface area contributed by atoms with Crippen LogP contribution >= 0.6 is 0 Å². The van der Waals surface area contributed by atoms with Crippen LogP contribution in [-0.4, -0.2) is 29.6 Å². The minimum Gasteiger partial charge on any atom is -0.326 e. The summed E-state index contributed by atoms with van der Waals surface area (Å²) < 4.78 is 0. The van der Waals surface area contributed by atoms with E-state index in [1.54, 1.807) is 0 Å². The predicted molar refractivity (Wildman–Crippen MR) is 69.4 cm³/mol. The van der Waals surface area contributed by atoms with Gasteiger partial charge in [0.1, 0.15) is 0 Å². The molecule has 0 bridgehead atoms. The van der Waals surface area contributed by atoms with Crippen LogP contribution in [0.5, 0.6) is 0 Å². The zero-order chi connectivity index (χ0) is 11.6. The van der Waals surface area contributed by atoms with Gasteiger partial charge in [-0.1, -0.05) is 19.3 Å². The van der Waals surface area contributed by atoms with E-state index in [1.807, 2.05) is 0 Å². The number of nitrogens with two attached hydrogens (primary N) is 1. The van der Waals surface area contributed by atoms with Crippen LogP contribution in [-0.2, 0) is 0 Å². The first-order chi connectivity index (χ1) is 7.59. The van der Waals surface area contributed by atoms with Crippen LogP contribution < -0.4 is 5.73 Å². The second kappa shape index (κ2) is 5.05. The Morgan fingerprint density at radius 3 is 2.44 bits per heavy atom. The van der Waals surface area contributed by atoms with Gasteiger partial charge in [-0.2, -0.15) is 0 Å². The van der Waals surface area contributed by atoms with Crippen molar-refractivity contribution < 1.29 is 0 Å². The average Bonchev–Trinajstić information content (AvgIpc) is 2.59. The van der Waals surface area contributed by atoms with E-state index in [1.165, 1.54) is 51.5 Å². The van der Waals surface area contributed by atoms with E-state index in [9.17, 15) is 0 Å². The fraction of sp³-hybridized carbons (Fsp3) is 1.00. The van der Waals surface area contributed by atoms with Crippen LogP contribution in [0.4, 0.5) is 0 Å². The van der Waals surface area contributed by atoms with Crippen molar-refractivity contribution in [2.24, 2.45) is 11.7 Å². The lowest BCUT2D eigenvalue weighted by Gasteiger charge is -2.36. The van der Waals surface area contributed by atoms with E-state index < -0.39 is 0 Å². The lowest BCUT2D eigenvalue weighted by Crippen LogP contribution is -2.48. The molecule has 1 saturated heterocycles. The second-order valence-electron chi connectivity index (χ2n) is 6.42. The molecule has 0 spiro atoms. The van der Waals surface area contributed by atoms with Crippen molar-refractivity contribution in [3.05, 3.63) is 0 Å². The van der Waals surface area contributed by atoms with E-state index in [0.717, 1.165) is 12.5 Å². The number of likely N-dealkylation sites (tertiary alicyclic amines) is 1. The molecule has 2 fully saturated rings. The lowest BCUT2D eigenvalue weighted by molar-refractivity contribution is 0.141. The standard InChI is InChI=1S/C14H28N2/c1-14(2)9-6-10-16(14)11-13(15)12-7-4-3-5-8-12/h12-13H,3-11,15H2,1-2H3. The van der Waals surface area contributed by atoms with E-state index in [4.69, 9.17) is 5.73 Å². The van der Waals surface area contributed by atoms with Gasteiger partial charge < -0.3 is 5.73 Å². The van der Waals surface area contributed by atoms with Gasteiger partial charge in [0.15, 0.2) is 0 Å². The maximum atomic E-state index is 6.41. The number of hydrogen-bond acceptors (Lipinski definition) is 2. The summed E-state index contributed by atoms with van der Waals surface area (Å²) >= 11 is 0. The molecule has 2 aliphatic rings. The van der Waals surface area contributed by atoms with Gasteiger partial charge in [-0.3, -0.25) is 4.90 Å². The molecule has 0 aromatic rings. The maximum Gasteiger partial charge on any atom is 0.0196 e. The molecule has 2 heteroatoms. The van der Waals surface area contributed by atoms with E-state index in [2.05, 4.69) is 18.7 Å². The zero-order valence-corrected chi connectivity index (χ0v) is 11.0. The summed E-state index contributed by atoms with van der Waals surface area (Å²) in [5.41, 5.74) is 6.80.